The number of carbonyl (C=O) groups excluding carboxylic acids is 2. The molecule has 28 heavy (non-hydrogen) atoms. The first-order valence-corrected chi connectivity index (χ1v) is 9.73. The molecule has 0 radical (unpaired) electrons. The zero-order chi connectivity index (χ0) is 20.1. The summed E-state index contributed by atoms with van der Waals surface area (Å²) in [5.41, 5.74) is 1.93. The number of hydrogen-bond acceptors (Lipinski definition) is 8. The second-order valence-corrected chi connectivity index (χ2v) is 8.03. The van der Waals surface area contributed by atoms with E-state index < -0.39 is 0 Å². The first-order chi connectivity index (χ1) is 13.5. The molecule has 0 saturated heterocycles. The molecule has 7 nitrogen and oxygen atoms in total. The highest BCUT2D eigenvalue weighted by Gasteiger charge is 2.13. The summed E-state index contributed by atoms with van der Waals surface area (Å²) in [5, 5.41) is 3.24. The number of aryl methyl sites for hydroxylation is 1. The van der Waals surface area contributed by atoms with Crippen LogP contribution in [0.25, 0.3) is 0 Å². The third kappa shape index (κ3) is 4.50. The van der Waals surface area contributed by atoms with Gasteiger partial charge in [-0.1, -0.05) is 23.1 Å². The smallest absolute Gasteiger partial charge is 0.257 e. The Morgan fingerprint density at radius 2 is 2.04 bits per heavy atom. The molecule has 0 bridgehead atoms. The van der Waals surface area contributed by atoms with Crippen molar-refractivity contribution < 1.29 is 19.2 Å². The number of hydrogen-bond donors (Lipinski definition) is 2. The molecule has 144 valence electrons. The summed E-state index contributed by atoms with van der Waals surface area (Å²) in [6.07, 6.45) is 2.45. The van der Waals surface area contributed by atoms with Crippen LogP contribution < -0.4 is 20.8 Å². The summed E-state index contributed by atoms with van der Waals surface area (Å²) in [4.78, 5) is 33.3. The van der Waals surface area contributed by atoms with Gasteiger partial charge in [0.2, 0.25) is 0 Å². The average Bonchev–Trinajstić information content (AvgIpc) is 3.15. The summed E-state index contributed by atoms with van der Waals surface area (Å²) in [6.45, 7) is 1.94. The number of benzene rings is 2. The minimum Gasteiger partial charge on any atom is -0.496 e. The van der Waals surface area contributed by atoms with Gasteiger partial charge in [-0.05, 0) is 48.9 Å². The standard InChI is InChI=1S/C19H17N3O4S2/c1-11-7-15(25-2)13(10-23)8-16(11)27-17-9-21-19(28-17)22-18(24)12-3-5-14(26-20)6-4-12/h3-10H,20H2,1-2H3,(H,21,22,24). The summed E-state index contributed by atoms with van der Waals surface area (Å²) in [6, 6.07) is 10.0. The molecule has 0 atom stereocenters. The van der Waals surface area contributed by atoms with Gasteiger partial charge in [0.05, 0.1) is 23.1 Å². The van der Waals surface area contributed by atoms with Crippen LogP contribution in [0, 0.1) is 6.92 Å². The highest BCUT2D eigenvalue weighted by Crippen LogP contribution is 2.37. The Labute approximate surface area is 169 Å². The van der Waals surface area contributed by atoms with Gasteiger partial charge in [-0.25, -0.2) is 4.98 Å². The Morgan fingerprint density at radius 3 is 2.68 bits per heavy atom. The van der Waals surface area contributed by atoms with E-state index >= 15 is 0 Å². The van der Waals surface area contributed by atoms with Gasteiger partial charge < -0.3 is 9.57 Å². The van der Waals surface area contributed by atoms with E-state index in [9.17, 15) is 9.59 Å². The van der Waals surface area contributed by atoms with E-state index in [1.165, 1.54) is 30.2 Å². The Bertz CT molecular complexity index is 1000. The largest absolute Gasteiger partial charge is 0.496 e. The van der Waals surface area contributed by atoms with Gasteiger partial charge in [0.1, 0.15) is 11.5 Å². The molecule has 0 spiro atoms. The van der Waals surface area contributed by atoms with Crippen molar-refractivity contribution in [2.45, 2.75) is 16.0 Å². The third-order valence-corrected chi connectivity index (χ3v) is 6.00. The van der Waals surface area contributed by atoms with Crippen molar-refractivity contribution in [2.24, 2.45) is 5.90 Å². The number of methoxy groups -OCH3 is 1. The van der Waals surface area contributed by atoms with Crippen LogP contribution >= 0.6 is 23.1 Å². The first kappa shape index (κ1) is 19.9. The lowest BCUT2D eigenvalue weighted by Gasteiger charge is -2.09. The number of thiazole rings is 1. The number of nitrogens with one attached hydrogen (secondary N) is 1. The van der Waals surface area contributed by atoms with E-state index in [1.807, 2.05) is 13.0 Å². The molecule has 0 fully saturated rings. The fourth-order valence-corrected chi connectivity index (χ4v) is 4.33. The molecule has 1 aromatic heterocycles. The molecule has 1 amide bonds. The molecule has 9 heteroatoms. The second-order valence-electron chi connectivity index (χ2n) is 5.66. The maximum Gasteiger partial charge on any atom is 0.257 e. The lowest BCUT2D eigenvalue weighted by molar-refractivity contribution is 0.102. The second kappa shape index (κ2) is 8.87. The Kier molecular flexibility index (Phi) is 6.30. The van der Waals surface area contributed by atoms with Gasteiger partial charge in [0, 0.05) is 10.5 Å². The number of rotatable bonds is 7. The molecule has 3 N–H and O–H groups in total. The molecule has 1 heterocycles. The van der Waals surface area contributed by atoms with Gasteiger partial charge in [0.15, 0.2) is 11.4 Å². The third-order valence-electron chi connectivity index (χ3n) is 3.82. The van der Waals surface area contributed by atoms with E-state index in [1.54, 1.807) is 36.5 Å². The topological polar surface area (TPSA) is 104 Å². The van der Waals surface area contributed by atoms with Crippen molar-refractivity contribution >= 4 is 40.4 Å². The summed E-state index contributed by atoms with van der Waals surface area (Å²) in [7, 11) is 1.53. The van der Waals surface area contributed by atoms with E-state index in [-0.39, 0.29) is 5.91 Å². The molecule has 0 aliphatic heterocycles. The van der Waals surface area contributed by atoms with Crippen LogP contribution in [0.15, 0.2) is 51.7 Å². The predicted octanol–water partition coefficient (Wildman–Crippen LogP) is 3.93. The average molecular weight is 415 g/mol. The molecular weight excluding hydrogens is 398 g/mol. The Balaban J connectivity index is 1.72. The quantitative estimate of drug-likeness (QED) is 0.445. The van der Waals surface area contributed by atoms with Crippen molar-refractivity contribution in [3.63, 3.8) is 0 Å². The summed E-state index contributed by atoms with van der Waals surface area (Å²) >= 11 is 2.82. The van der Waals surface area contributed by atoms with Crippen LogP contribution in [-0.2, 0) is 0 Å². The van der Waals surface area contributed by atoms with E-state index in [0.717, 1.165) is 21.0 Å². The van der Waals surface area contributed by atoms with Gasteiger partial charge in [0.25, 0.3) is 5.91 Å². The van der Waals surface area contributed by atoms with Crippen molar-refractivity contribution in [3.8, 4) is 11.5 Å². The highest BCUT2D eigenvalue weighted by molar-refractivity contribution is 8.01. The van der Waals surface area contributed by atoms with Crippen LogP contribution in [0.1, 0.15) is 26.3 Å². The fraction of sp³-hybridized carbons (Fsp3) is 0.105. The molecule has 0 unspecified atom stereocenters. The van der Waals surface area contributed by atoms with Crippen LogP contribution in [-0.4, -0.2) is 24.3 Å². The molecule has 2 aromatic carbocycles. The van der Waals surface area contributed by atoms with Gasteiger partial charge >= 0.3 is 0 Å². The number of ether oxygens (including phenoxy) is 1. The fourth-order valence-electron chi connectivity index (χ4n) is 2.38. The number of anilines is 1. The molecule has 0 saturated carbocycles. The lowest BCUT2D eigenvalue weighted by Crippen LogP contribution is -2.11. The molecule has 3 rings (SSSR count). The molecular formula is C19H17N3O4S2. The monoisotopic (exact) mass is 415 g/mol. The Morgan fingerprint density at radius 1 is 1.29 bits per heavy atom. The maximum absolute atomic E-state index is 12.3. The highest BCUT2D eigenvalue weighted by atomic mass is 32.2. The van der Waals surface area contributed by atoms with Crippen molar-refractivity contribution in [2.75, 3.05) is 12.4 Å². The zero-order valence-corrected chi connectivity index (χ0v) is 16.7. The number of carbonyl (C=O) groups is 2. The Hall–Kier alpha value is -2.88. The number of nitrogens with zero attached hydrogens (tertiary/aromatic N) is 1. The number of amides is 1. The van der Waals surface area contributed by atoms with Crippen molar-refractivity contribution in [1.29, 1.82) is 0 Å². The number of nitrogens with two attached hydrogens (primary N) is 1. The van der Waals surface area contributed by atoms with E-state index in [4.69, 9.17) is 10.6 Å². The molecule has 0 aliphatic carbocycles. The minimum absolute atomic E-state index is 0.279. The van der Waals surface area contributed by atoms with Crippen molar-refractivity contribution in [3.05, 3.63) is 59.3 Å². The van der Waals surface area contributed by atoms with Crippen LogP contribution in [0.5, 0.6) is 11.5 Å². The van der Waals surface area contributed by atoms with E-state index in [2.05, 4.69) is 15.1 Å². The first-order valence-electron chi connectivity index (χ1n) is 8.09. The van der Waals surface area contributed by atoms with Gasteiger partial charge in [-0.2, -0.15) is 5.90 Å². The zero-order valence-electron chi connectivity index (χ0n) is 15.1. The van der Waals surface area contributed by atoms with Gasteiger partial charge in [-0.15, -0.1) is 0 Å². The predicted molar refractivity (Wildman–Crippen MR) is 109 cm³/mol. The SMILES string of the molecule is COc1cc(C)c(Sc2cnc(NC(=O)c3ccc(ON)cc3)s2)cc1C=O. The summed E-state index contributed by atoms with van der Waals surface area (Å²) in [5.74, 6) is 5.80. The maximum atomic E-state index is 12.3. The molecule has 3 aromatic rings. The van der Waals surface area contributed by atoms with Crippen LogP contribution in [0.3, 0.4) is 0 Å². The lowest BCUT2D eigenvalue weighted by atomic mass is 10.1. The van der Waals surface area contributed by atoms with Gasteiger partial charge in [-0.3, -0.25) is 14.9 Å². The normalized spacial score (nSPS) is 10.4. The number of aromatic nitrogens is 1. The van der Waals surface area contributed by atoms with Crippen LogP contribution in [0.2, 0.25) is 0 Å². The van der Waals surface area contributed by atoms with E-state index in [0.29, 0.717) is 27.8 Å². The molecule has 0 aliphatic rings. The summed E-state index contributed by atoms with van der Waals surface area (Å²) < 4.78 is 6.10. The minimum atomic E-state index is -0.279. The number of aldehydes is 1. The van der Waals surface area contributed by atoms with Crippen molar-refractivity contribution in [1.82, 2.24) is 4.98 Å². The van der Waals surface area contributed by atoms with Crippen LogP contribution in [0.4, 0.5) is 5.13 Å².